The number of carbonyl (C=O) groups excluding carboxylic acids is 3. The third kappa shape index (κ3) is 4.25. The average molecular weight is 407 g/mol. The Hall–Kier alpha value is -3.48. The van der Waals surface area contributed by atoms with Crippen molar-refractivity contribution < 1.29 is 18.8 Å². The second kappa shape index (κ2) is 8.49. The van der Waals surface area contributed by atoms with E-state index in [1.54, 1.807) is 17.0 Å². The molecule has 2 aromatic carbocycles. The predicted molar refractivity (Wildman–Crippen MR) is 114 cm³/mol. The molecule has 2 heterocycles. The van der Waals surface area contributed by atoms with Crippen LogP contribution < -0.4 is 15.1 Å². The van der Waals surface area contributed by atoms with Crippen LogP contribution in [0, 0.1) is 5.82 Å². The number of anilines is 3. The summed E-state index contributed by atoms with van der Waals surface area (Å²) in [5.41, 5.74) is 2.23. The second-order valence-corrected chi connectivity index (χ2v) is 7.38. The van der Waals surface area contributed by atoms with Crippen molar-refractivity contribution in [3.63, 3.8) is 0 Å². The zero-order chi connectivity index (χ0) is 21.1. The van der Waals surface area contributed by atoms with E-state index < -0.39 is 11.7 Å². The summed E-state index contributed by atoms with van der Waals surface area (Å²) in [7, 11) is 0. The van der Waals surface area contributed by atoms with Gasteiger partial charge in [0.05, 0.1) is 5.69 Å². The maximum Gasteiger partial charge on any atom is 0.248 e. The van der Waals surface area contributed by atoms with Gasteiger partial charge in [-0.25, -0.2) is 4.39 Å². The van der Waals surface area contributed by atoms with Gasteiger partial charge in [0, 0.05) is 43.4 Å². The molecule has 0 aromatic heterocycles. The van der Waals surface area contributed by atoms with Crippen molar-refractivity contribution in [2.24, 2.45) is 0 Å². The lowest BCUT2D eigenvalue weighted by Crippen LogP contribution is -2.24. The molecule has 2 aromatic rings. The van der Waals surface area contributed by atoms with Gasteiger partial charge in [-0.15, -0.1) is 0 Å². The Morgan fingerprint density at radius 1 is 0.933 bits per heavy atom. The summed E-state index contributed by atoms with van der Waals surface area (Å²) < 4.78 is 14.4. The Morgan fingerprint density at radius 3 is 2.20 bits per heavy atom. The van der Waals surface area contributed by atoms with E-state index in [2.05, 4.69) is 5.32 Å². The smallest absolute Gasteiger partial charge is 0.248 e. The SMILES string of the molecule is O=C(/C=C/c1ccc(N2CCCC2=O)cc1)Nc1ccc(N2CCCC2=O)c(F)c1. The van der Waals surface area contributed by atoms with Gasteiger partial charge in [-0.2, -0.15) is 0 Å². The van der Waals surface area contributed by atoms with Crippen molar-refractivity contribution >= 4 is 40.9 Å². The van der Waals surface area contributed by atoms with Gasteiger partial charge in [0.15, 0.2) is 0 Å². The van der Waals surface area contributed by atoms with Crippen LogP contribution in [0.1, 0.15) is 31.2 Å². The molecular formula is C23H22FN3O3. The van der Waals surface area contributed by atoms with E-state index >= 15 is 0 Å². The van der Waals surface area contributed by atoms with Crippen molar-refractivity contribution in [2.45, 2.75) is 25.7 Å². The maximum absolute atomic E-state index is 14.4. The van der Waals surface area contributed by atoms with Crippen LogP contribution >= 0.6 is 0 Å². The highest BCUT2D eigenvalue weighted by Gasteiger charge is 2.24. The summed E-state index contributed by atoms with van der Waals surface area (Å²) in [4.78, 5) is 38.9. The van der Waals surface area contributed by atoms with Crippen LogP contribution in [0.3, 0.4) is 0 Å². The molecule has 2 saturated heterocycles. The van der Waals surface area contributed by atoms with Crippen LogP contribution in [0.15, 0.2) is 48.5 Å². The number of nitrogens with one attached hydrogen (secondary N) is 1. The Balaban J connectivity index is 1.37. The van der Waals surface area contributed by atoms with Gasteiger partial charge in [-0.1, -0.05) is 12.1 Å². The van der Waals surface area contributed by atoms with Gasteiger partial charge in [-0.05, 0) is 54.8 Å². The first kappa shape index (κ1) is 19.8. The van der Waals surface area contributed by atoms with Gasteiger partial charge in [-0.3, -0.25) is 14.4 Å². The molecule has 1 N–H and O–H groups in total. The number of carbonyl (C=O) groups is 3. The number of hydrogen-bond acceptors (Lipinski definition) is 3. The van der Waals surface area contributed by atoms with E-state index in [1.807, 2.05) is 24.3 Å². The summed E-state index contributed by atoms with van der Waals surface area (Å²) >= 11 is 0. The van der Waals surface area contributed by atoms with E-state index in [0.717, 1.165) is 30.6 Å². The largest absolute Gasteiger partial charge is 0.322 e. The summed E-state index contributed by atoms with van der Waals surface area (Å²) in [6, 6.07) is 11.7. The number of hydrogen-bond donors (Lipinski definition) is 1. The van der Waals surface area contributed by atoms with Crippen LogP contribution in [-0.4, -0.2) is 30.8 Å². The van der Waals surface area contributed by atoms with Gasteiger partial charge in [0.25, 0.3) is 0 Å². The zero-order valence-electron chi connectivity index (χ0n) is 16.4. The summed E-state index contributed by atoms with van der Waals surface area (Å²) in [6.45, 7) is 1.24. The molecule has 0 bridgehead atoms. The fourth-order valence-corrected chi connectivity index (χ4v) is 3.75. The topological polar surface area (TPSA) is 69.7 Å². The molecule has 30 heavy (non-hydrogen) atoms. The third-order valence-electron chi connectivity index (χ3n) is 5.28. The highest BCUT2D eigenvalue weighted by atomic mass is 19.1. The van der Waals surface area contributed by atoms with Crippen molar-refractivity contribution in [1.29, 1.82) is 0 Å². The molecule has 7 heteroatoms. The second-order valence-electron chi connectivity index (χ2n) is 7.38. The van der Waals surface area contributed by atoms with Gasteiger partial charge in [0.1, 0.15) is 5.82 Å². The average Bonchev–Trinajstić information content (AvgIpc) is 3.35. The molecule has 0 unspecified atom stereocenters. The Morgan fingerprint density at radius 2 is 1.60 bits per heavy atom. The van der Waals surface area contributed by atoms with Crippen molar-refractivity contribution in [3.05, 3.63) is 59.9 Å². The molecule has 2 aliphatic heterocycles. The van der Waals surface area contributed by atoms with Crippen LogP contribution in [0.2, 0.25) is 0 Å². The summed E-state index contributed by atoms with van der Waals surface area (Å²) in [5.74, 6) is -0.893. The van der Waals surface area contributed by atoms with Crippen LogP contribution in [0.5, 0.6) is 0 Å². The molecule has 154 valence electrons. The first-order chi connectivity index (χ1) is 14.5. The lowest BCUT2D eigenvalue weighted by atomic mass is 10.2. The number of amides is 3. The van der Waals surface area contributed by atoms with Crippen molar-refractivity contribution in [1.82, 2.24) is 0 Å². The molecule has 0 saturated carbocycles. The lowest BCUT2D eigenvalue weighted by molar-refractivity contribution is -0.117. The van der Waals surface area contributed by atoms with E-state index in [4.69, 9.17) is 0 Å². The molecular weight excluding hydrogens is 385 g/mol. The highest BCUT2D eigenvalue weighted by Crippen LogP contribution is 2.27. The molecule has 0 atom stereocenters. The number of benzene rings is 2. The normalized spacial score (nSPS) is 16.7. The Labute approximate surface area is 174 Å². The molecule has 2 aliphatic rings. The highest BCUT2D eigenvalue weighted by molar-refractivity contribution is 6.02. The minimum Gasteiger partial charge on any atom is -0.322 e. The monoisotopic (exact) mass is 407 g/mol. The lowest BCUT2D eigenvalue weighted by Gasteiger charge is -2.17. The van der Waals surface area contributed by atoms with Crippen LogP contribution in [-0.2, 0) is 14.4 Å². The van der Waals surface area contributed by atoms with Gasteiger partial charge < -0.3 is 15.1 Å². The Bertz CT molecular complexity index is 1020. The molecule has 2 fully saturated rings. The maximum atomic E-state index is 14.4. The molecule has 0 spiro atoms. The van der Waals surface area contributed by atoms with E-state index in [-0.39, 0.29) is 17.5 Å². The fraction of sp³-hybridized carbons (Fsp3) is 0.261. The van der Waals surface area contributed by atoms with E-state index in [1.165, 1.54) is 23.1 Å². The fourth-order valence-electron chi connectivity index (χ4n) is 3.75. The predicted octanol–water partition coefficient (Wildman–Crippen LogP) is 3.73. The zero-order valence-corrected chi connectivity index (χ0v) is 16.4. The molecule has 3 amide bonds. The van der Waals surface area contributed by atoms with E-state index in [9.17, 15) is 18.8 Å². The Kier molecular flexibility index (Phi) is 5.61. The number of halogens is 1. The first-order valence-electron chi connectivity index (χ1n) is 10.0. The van der Waals surface area contributed by atoms with Gasteiger partial charge >= 0.3 is 0 Å². The number of rotatable bonds is 5. The minimum atomic E-state index is -0.543. The van der Waals surface area contributed by atoms with Crippen molar-refractivity contribution in [3.8, 4) is 0 Å². The van der Waals surface area contributed by atoms with Crippen molar-refractivity contribution in [2.75, 3.05) is 28.2 Å². The van der Waals surface area contributed by atoms with Crippen LogP contribution in [0.25, 0.3) is 6.08 Å². The third-order valence-corrected chi connectivity index (χ3v) is 5.28. The van der Waals surface area contributed by atoms with Crippen LogP contribution in [0.4, 0.5) is 21.5 Å². The summed E-state index contributed by atoms with van der Waals surface area (Å²) in [6.07, 6.45) is 5.62. The standard InChI is InChI=1S/C23H22FN3O3/c24-19-15-17(8-11-20(19)27-14-2-4-23(27)30)25-21(28)12-7-16-5-9-18(10-6-16)26-13-1-3-22(26)29/h5-12,15H,1-4,13-14H2,(H,25,28)/b12-7+. The quantitative estimate of drug-likeness (QED) is 0.768. The minimum absolute atomic E-state index is 0.0891. The first-order valence-corrected chi connectivity index (χ1v) is 10.0. The molecule has 0 radical (unpaired) electrons. The molecule has 6 nitrogen and oxygen atoms in total. The molecule has 4 rings (SSSR count). The van der Waals surface area contributed by atoms with E-state index in [0.29, 0.717) is 25.1 Å². The molecule has 0 aliphatic carbocycles. The van der Waals surface area contributed by atoms with Gasteiger partial charge in [0.2, 0.25) is 17.7 Å². The number of nitrogens with zero attached hydrogens (tertiary/aromatic N) is 2. The summed E-state index contributed by atoms with van der Waals surface area (Å²) in [5, 5.41) is 2.62.